The Morgan fingerprint density at radius 1 is 1.19 bits per heavy atom. The summed E-state index contributed by atoms with van der Waals surface area (Å²) in [5, 5.41) is 0. The van der Waals surface area contributed by atoms with Crippen molar-refractivity contribution >= 4 is 33.6 Å². The summed E-state index contributed by atoms with van der Waals surface area (Å²) < 4.78 is 6.17. The van der Waals surface area contributed by atoms with Crippen LogP contribution in [-0.2, 0) is 0 Å². The average molecular weight is 410 g/mol. The van der Waals surface area contributed by atoms with Crippen molar-refractivity contribution in [2.75, 3.05) is 12.0 Å². The third kappa shape index (κ3) is 2.63. The van der Waals surface area contributed by atoms with Crippen LogP contribution < -0.4 is 9.64 Å². The number of rotatable bonds is 2. The van der Waals surface area contributed by atoms with Gasteiger partial charge in [-0.25, -0.2) is 0 Å². The summed E-state index contributed by atoms with van der Waals surface area (Å²) in [6.45, 7) is 1.98. The number of fused-ring (bicyclic) bond motifs is 3. The van der Waals surface area contributed by atoms with Gasteiger partial charge in [0.05, 0.1) is 24.1 Å². The molecule has 0 unspecified atom stereocenters. The number of anilines is 1. The molecule has 0 spiro atoms. The Balaban J connectivity index is 1.92. The Bertz CT molecular complexity index is 1020. The van der Waals surface area contributed by atoms with Crippen LogP contribution in [0.5, 0.6) is 5.75 Å². The Labute approximate surface area is 159 Å². The number of carbonyl (C=O) groups is 1. The molecule has 0 atom stereocenters. The van der Waals surface area contributed by atoms with Gasteiger partial charge in [0.1, 0.15) is 5.75 Å². The van der Waals surface area contributed by atoms with Crippen molar-refractivity contribution in [3.63, 3.8) is 0 Å². The van der Waals surface area contributed by atoms with Gasteiger partial charge in [-0.05, 0) is 65.3 Å². The number of aromatic amines is 1. The normalized spacial score (nSPS) is 14.3. The van der Waals surface area contributed by atoms with Gasteiger partial charge in [0, 0.05) is 33.8 Å². The number of pyridine rings is 1. The molecule has 26 heavy (non-hydrogen) atoms. The van der Waals surface area contributed by atoms with Gasteiger partial charge in [0.2, 0.25) is 0 Å². The smallest absolute Gasteiger partial charge is 0.264 e. The number of aryl methyl sites for hydroxylation is 1. The fourth-order valence-corrected chi connectivity index (χ4v) is 3.46. The van der Waals surface area contributed by atoms with Crippen molar-refractivity contribution in [1.82, 2.24) is 9.97 Å². The van der Waals surface area contributed by atoms with Gasteiger partial charge in [-0.1, -0.05) is 0 Å². The van der Waals surface area contributed by atoms with Crippen molar-refractivity contribution in [1.29, 1.82) is 0 Å². The maximum Gasteiger partial charge on any atom is 0.264 e. The molecule has 6 heteroatoms. The number of hydrogen-bond donors (Lipinski definition) is 1. The first-order valence-corrected chi connectivity index (χ1v) is 8.88. The minimum atomic E-state index is -0.136. The Morgan fingerprint density at radius 3 is 2.69 bits per heavy atom. The molecule has 0 aliphatic carbocycles. The number of halogens is 1. The highest BCUT2D eigenvalue weighted by Gasteiger charge is 2.26. The van der Waals surface area contributed by atoms with E-state index in [1.165, 1.54) is 0 Å². The standard InChI is InChI=1S/C20H16BrN3O2/c1-12-17(21)15-9-11-24(13-5-7-14(26-2)8-6-13)20(25)16-4-3-10-22-18(16)19(15)23-12/h3-11,23H,1-2H3/b11-9-. The molecule has 1 amide bonds. The molecule has 4 rings (SSSR count). The monoisotopic (exact) mass is 409 g/mol. The molecule has 0 saturated carbocycles. The molecule has 5 nitrogen and oxygen atoms in total. The summed E-state index contributed by atoms with van der Waals surface area (Å²) in [6, 6.07) is 11.0. The summed E-state index contributed by atoms with van der Waals surface area (Å²) in [7, 11) is 1.62. The van der Waals surface area contributed by atoms with Gasteiger partial charge in [-0.2, -0.15) is 0 Å². The lowest BCUT2D eigenvalue weighted by molar-refractivity contribution is 0.0998. The first-order valence-electron chi connectivity index (χ1n) is 8.09. The van der Waals surface area contributed by atoms with Gasteiger partial charge < -0.3 is 9.72 Å². The van der Waals surface area contributed by atoms with E-state index in [0.29, 0.717) is 11.3 Å². The lowest BCUT2D eigenvalue weighted by Crippen LogP contribution is -2.26. The Morgan fingerprint density at radius 2 is 1.96 bits per heavy atom. The van der Waals surface area contributed by atoms with Crippen LogP contribution in [0, 0.1) is 6.92 Å². The topological polar surface area (TPSA) is 58.2 Å². The lowest BCUT2D eigenvalue weighted by atomic mass is 10.0. The highest BCUT2D eigenvalue weighted by Crippen LogP contribution is 2.36. The SMILES string of the molecule is COc1ccc(N2/C=C\c3c([nH]c(C)c3Br)-c3ncccc3C2=O)cc1. The zero-order valence-electron chi connectivity index (χ0n) is 14.3. The molecule has 0 saturated heterocycles. The van der Waals surface area contributed by atoms with E-state index in [1.54, 1.807) is 36.5 Å². The molecule has 3 heterocycles. The number of ether oxygens (including phenoxy) is 1. The van der Waals surface area contributed by atoms with Gasteiger partial charge in [0.15, 0.2) is 0 Å². The maximum atomic E-state index is 13.2. The van der Waals surface area contributed by atoms with Gasteiger partial charge in [0.25, 0.3) is 5.91 Å². The molecule has 1 aliphatic heterocycles. The van der Waals surface area contributed by atoms with Gasteiger partial charge in [-0.3, -0.25) is 14.7 Å². The van der Waals surface area contributed by atoms with Crippen LogP contribution in [0.15, 0.2) is 53.3 Å². The fourth-order valence-electron chi connectivity index (χ4n) is 3.03. The van der Waals surface area contributed by atoms with Crippen LogP contribution in [0.3, 0.4) is 0 Å². The number of nitrogens with one attached hydrogen (secondary N) is 1. The minimum absolute atomic E-state index is 0.136. The van der Waals surface area contributed by atoms with Crippen LogP contribution in [-0.4, -0.2) is 23.0 Å². The average Bonchev–Trinajstić information content (AvgIpc) is 2.95. The van der Waals surface area contributed by atoms with E-state index in [-0.39, 0.29) is 5.91 Å². The first kappa shape index (κ1) is 16.6. The van der Waals surface area contributed by atoms with Crippen LogP contribution in [0.2, 0.25) is 0 Å². The predicted molar refractivity (Wildman–Crippen MR) is 105 cm³/mol. The van der Waals surface area contributed by atoms with Crippen LogP contribution >= 0.6 is 15.9 Å². The summed E-state index contributed by atoms with van der Waals surface area (Å²) in [4.78, 5) is 22.6. The molecule has 0 radical (unpaired) electrons. The van der Waals surface area contributed by atoms with E-state index in [1.807, 2.05) is 37.3 Å². The van der Waals surface area contributed by atoms with E-state index >= 15 is 0 Å². The molecule has 1 aliphatic rings. The number of amides is 1. The zero-order valence-corrected chi connectivity index (χ0v) is 15.9. The van der Waals surface area contributed by atoms with Crippen molar-refractivity contribution < 1.29 is 9.53 Å². The van der Waals surface area contributed by atoms with Gasteiger partial charge >= 0.3 is 0 Å². The highest BCUT2D eigenvalue weighted by atomic mass is 79.9. The number of H-pyrrole nitrogens is 1. The molecular formula is C20H16BrN3O2. The van der Waals surface area contributed by atoms with Crippen LogP contribution in [0.25, 0.3) is 17.5 Å². The van der Waals surface area contributed by atoms with Crippen molar-refractivity contribution in [3.05, 3.63) is 70.1 Å². The molecule has 3 aromatic rings. The summed E-state index contributed by atoms with van der Waals surface area (Å²) in [5.41, 5.74) is 4.74. The van der Waals surface area contributed by atoms with E-state index in [9.17, 15) is 4.79 Å². The largest absolute Gasteiger partial charge is 0.497 e. The van der Waals surface area contributed by atoms with E-state index in [2.05, 4.69) is 25.9 Å². The van der Waals surface area contributed by atoms with E-state index in [4.69, 9.17) is 4.74 Å². The quantitative estimate of drug-likeness (QED) is 0.661. The van der Waals surface area contributed by atoms with Crippen molar-refractivity contribution in [2.45, 2.75) is 6.92 Å². The summed E-state index contributed by atoms with van der Waals surface area (Å²) >= 11 is 3.63. The molecule has 130 valence electrons. The van der Waals surface area contributed by atoms with Crippen molar-refractivity contribution in [2.24, 2.45) is 0 Å². The number of methoxy groups -OCH3 is 1. The third-order valence-corrected chi connectivity index (χ3v) is 5.40. The summed E-state index contributed by atoms with van der Waals surface area (Å²) in [5.74, 6) is 0.606. The maximum absolute atomic E-state index is 13.2. The number of carbonyl (C=O) groups excluding carboxylic acids is 1. The second-order valence-corrected chi connectivity index (χ2v) is 6.73. The molecule has 0 fully saturated rings. The molecule has 1 aromatic carbocycles. The summed E-state index contributed by atoms with van der Waals surface area (Å²) in [6.07, 6.45) is 5.41. The van der Waals surface area contributed by atoms with Crippen LogP contribution in [0.1, 0.15) is 21.6 Å². The number of hydrogen-bond acceptors (Lipinski definition) is 3. The first-order chi connectivity index (χ1) is 12.6. The molecular weight excluding hydrogens is 394 g/mol. The number of nitrogens with zero attached hydrogens (tertiary/aromatic N) is 2. The van der Waals surface area contributed by atoms with Crippen molar-refractivity contribution in [3.8, 4) is 17.1 Å². The second-order valence-electron chi connectivity index (χ2n) is 5.94. The predicted octanol–water partition coefficient (Wildman–Crippen LogP) is 4.79. The number of benzene rings is 1. The van der Waals surface area contributed by atoms with Crippen LogP contribution in [0.4, 0.5) is 5.69 Å². The van der Waals surface area contributed by atoms with E-state index < -0.39 is 0 Å². The molecule has 1 N–H and O–H groups in total. The van der Waals surface area contributed by atoms with E-state index in [0.717, 1.165) is 32.9 Å². The minimum Gasteiger partial charge on any atom is -0.497 e. The zero-order chi connectivity index (χ0) is 18.3. The van der Waals surface area contributed by atoms with Gasteiger partial charge in [-0.15, -0.1) is 0 Å². The third-order valence-electron chi connectivity index (χ3n) is 4.38. The fraction of sp³-hybridized carbons (Fsp3) is 0.100. The highest BCUT2D eigenvalue weighted by molar-refractivity contribution is 9.10. The molecule has 0 bridgehead atoms. The second kappa shape index (κ2) is 6.46. The Kier molecular flexibility index (Phi) is 4.12. The number of aromatic nitrogens is 2. The Hall–Kier alpha value is -2.86. The lowest BCUT2D eigenvalue weighted by Gasteiger charge is -2.22. The molecule has 2 aromatic heterocycles.